The quantitative estimate of drug-likeness (QED) is 0.635. The van der Waals surface area contributed by atoms with Crippen LogP contribution in [-0.4, -0.2) is 43.0 Å². The molecule has 3 aliphatic rings. The minimum atomic E-state index is -2.50. The van der Waals surface area contributed by atoms with Gasteiger partial charge >= 0.3 is 0 Å². The number of halogens is 4. The first-order valence-corrected chi connectivity index (χ1v) is 10.7. The molecule has 1 aromatic rings. The van der Waals surface area contributed by atoms with Crippen LogP contribution in [0, 0.1) is 5.92 Å². The number of alkyl halides is 4. The first kappa shape index (κ1) is 19.6. The number of nitrogens with zero attached hydrogens (tertiary/aromatic N) is 1. The summed E-state index contributed by atoms with van der Waals surface area (Å²) >= 11 is 1.48. The van der Waals surface area contributed by atoms with E-state index in [9.17, 15) is 17.6 Å². The molecule has 1 saturated carbocycles. The van der Waals surface area contributed by atoms with Gasteiger partial charge in [0.15, 0.2) is 0 Å². The minimum Gasteiger partial charge on any atom is -0.369 e. The van der Waals surface area contributed by atoms with Crippen LogP contribution in [-0.2, 0) is 23.2 Å². The van der Waals surface area contributed by atoms with E-state index in [0.717, 1.165) is 47.7 Å². The molecule has 1 saturated heterocycles. The lowest BCUT2D eigenvalue weighted by Gasteiger charge is -2.47. The highest BCUT2D eigenvalue weighted by molar-refractivity contribution is 7.12. The summed E-state index contributed by atoms with van der Waals surface area (Å²) in [7, 11) is 0. The Bertz CT molecular complexity index is 679. The minimum absolute atomic E-state index is 0.00389. The molecule has 3 atom stereocenters. The Labute approximate surface area is 161 Å². The van der Waals surface area contributed by atoms with Crippen molar-refractivity contribution in [1.29, 1.82) is 0 Å². The summed E-state index contributed by atoms with van der Waals surface area (Å²) in [5.74, 6) is -2.43. The van der Waals surface area contributed by atoms with Gasteiger partial charge in [-0.3, -0.25) is 0 Å². The summed E-state index contributed by atoms with van der Waals surface area (Å²) in [4.78, 5) is 4.19. The molecule has 2 nitrogen and oxygen atoms in total. The fourth-order valence-electron chi connectivity index (χ4n) is 5.12. The van der Waals surface area contributed by atoms with E-state index in [2.05, 4.69) is 11.8 Å². The van der Waals surface area contributed by atoms with Crippen molar-refractivity contribution < 1.29 is 22.3 Å². The average Bonchev–Trinajstić information content (AvgIpc) is 3.13. The Morgan fingerprint density at radius 1 is 1.30 bits per heavy atom. The second-order valence-electron chi connectivity index (χ2n) is 8.52. The van der Waals surface area contributed by atoms with Gasteiger partial charge < -0.3 is 9.64 Å². The molecule has 2 aliphatic heterocycles. The highest BCUT2D eigenvalue weighted by Gasteiger charge is 2.46. The van der Waals surface area contributed by atoms with E-state index in [1.54, 1.807) is 0 Å². The van der Waals surface area contributed by atoms with E-state index in [-0.39, 0.29) is 36.8 Å². The lowest BCUT2D eigenvalue weighted by molar-refractivity contribution is -0.111. The first-order valence-electron chi connectivity index (χ1n) is 9.92. The molecule has 7 heteroatoms. The third-order valence-electron chi connectivity index (χ3n) is 6.43. The molecule has 1 aromatic heterocycles. The fourth-order valence-corrected chi connectivity index (χ4v) is 6.52. The lowest BCUT2D eigenvalue weighted by Crippen LogP contribution is -2.51. The van der Waals surface area contributed by atoms with Gasteiger partial charge in [-0.2, -0.15) is 0 Å². The third kappa shape index (κ3) is 4.06. The van der Waals surface area contributed by atoms with Gasteiger partial charge in [-0.15, -0.1) is 11.3 Å². The Morgan fingerprint density at radius 2 is 2.11 bits per heavy atom. The first-order chi connectivity index (χ1) is 12.8. The number of hydrogen-bond acceptors (Lipinski definition) is 3. The molecule has 0 radical (unpaired) electrons. The highest BCUT2D eigenvalue weighted by Crippen LogP contribution is 2.48. The fraction of sp³-hybridized carbons (Fsp3) is 0.800. The van der Waals surface area contributed by atoms with Gasteiger partial charge in [0.1, 0.15) is 5.60 Å². The number of hydrogen-bond donors (Lipinski definition) is 0. The molecule has 0 bridgehead atoms. The normalized spacial score (nSPS) is 33.7. The van der Waals surface area contributed by atoms with Gasteiger partial charge in [-0.1, -0.05) is 0 Å². The lowest BCUT2D eigenvalue weighted by atomic mass is 9.81. The molecule has 1 spiro atoms. The number of ether oxygens (including phenoxy) is 1. The maximum Gasteiger partial charge on any atom is 0.248 e. The predicted octanol–water partition coefficient (Wildman–Crippen LogP) is 5.24. The number of likely N-dealkylation sites (tertiary alicyclic amines) is 1. The van der Waals surface area contributed by atoms with Gasteiger partial charge in [0, 0.05) is 48.1 Å². The van der Waals surface area contributed by atoms with Crippen molar-refractivity contribution in [2.45, 2.75) is 75.9 Å². The largest absolute Gasteiger partial charge is 0.369 e. The van der Waals surface area contributed by atoms with Crippen molar-refractivity contribution in [3.05, 3.63) is 21.4 Å². The van der Waals surface area contributed by atoms with Crippen LogP contribution in [0.2, 0.25) is 0 Å². The van der Waals surface area contributed by atoms with Crippen LogP contribution in [0.15, 0.2) is 6.07 Å². The predicted molar refractivity (Wildman–Crippen MR) is 97.9 cm³/mol. The second kappa shape index (κ2) is 7.30. The van der Waals surface area contributed by atoms with Gasteiger partial charge in [0.05, 0.1) is 6.61 Å². The van der Waals surface area contributed by atoms with Crippen molar-refractivity contribution in [2.24, 2.45) is 5.92 Å². The smallest absolute Gasteiger partial charge is 0.248 e. The third-order valence-corrected chi connectivity index (χ3v) is 7.81. The van der Waals surface area contributed by atoms with Crippen LogP contribution in [0.5, 0.6) is 0 Å². The average molecular weight is 406 g/mol. The molecule has 1 unspecified atom stereocenters. The van der Waals surface area contributed by atoms with E-state index in [0.29, 0.717) is 13.0 Å². The van der Waals surface area contributed by atoms with Crippen molar-refractivity contribution in [2.75, 3.05) is 19.7 Å². The molecular weight excluding hydrogens is 378 g/mol. The summed E-state index contributed by atoms with van der Waals surface area (Å²) in [6.07, 6.45) is 0.496. The summed E-state index contributed by atoms with van der Waals surface area (Å²) in [5.41, 5.74) is 0.784. The molecule has 0 amide bonds. The van der Waals surface area contributed by atoms with Gasteiger partial charge in [0.2, 0.25) is 12.3 Å². The van der Waals surface area contributed by atoms with Gasteiger partial charge in [-0.25, -0.2) is 17.6 Å². The van der Waals surface area contributed by atoms with Gasteiger partial charge in [-0.05, 0) is 50.2 Å². The van der Waals surface area contributed by atoms with Crippen molar-refractivity contribution >= 4 is 11.3 Å². The number of piperidine rings is 1. The van der Waals surface area contributed by atoms with Crippen LogP contribution in [0.4, 0.5) is 17.6 Å². The van der Waals surface area contributed by atoms with E-state index in [4.69, 9.17) is 4.74 Å². The molecule has 4 rings (SSSR count). The maximum absolute atomic E-state index is 13.5. The van der Waals surface area contributed by atoms with E-state index < -0.39 is 12.3 Å². The van der Waals surface area contributed by atoms with E-state index >= 15 is 0 Å². The summed E-state index contributed by atoms with van der Waals surface area (Å²) in [6, 6.07) is 2.17. The molecule has 2 fully saturated rings. The molecule has 1 aliphatic carbocycles. The number of fused-ring (bicyclic) bond motifs is 2. The SMILES string of the molecule is C[C@H]1C[C@@]2(CCN1CC1CCC(F)(F)C1)OCCc1cc(CC(F)F)sc12. The Hall–Kier alpha value is -0.660. The van der Waals surface area contributed by atoms with Crippen LogP contribution >= 0.6 is 11.3 Å². The maximum atomic E-state index is 13.5. The van der Waals surface area contributed by atoms with Crippen LogP contribution in [0.25, 0.3) is 0 Å². The van der Waals surface area contributed by atoms with E-state index in [1.807, 2.05) is 6.07 Å². The Kier molecular flexibility index (Phi) is 5.31. The van der Waals surface area contributed by atoms with Crippen molar-refractivity contribution in [3.8, 4) is 0 Å². The zero-order valence-electron chi connectivity index (χ0n) is 15.7. The highest BCUT2D eigenvalue weighted by atomic mass is 32.1. The van der Waals surface area contributed by atoms with Crippen molar-refractivity contribution in [1.82, 2.24) is 4.90 Å². The topological polar surface area (TPSA) is 12.5 Å². The zero-order chi connectivity index (χ0) is 19.2. The zero-order valence-corrected chi connectivity index (χ0v) is 16.5. The number of thiophene rings is 1. The van der Waals surface area contributed by atoms with Crippen molar-refractivity contribution in [3.63, 3.8) is 0 Å². The molecule has 152 valence electrons. The summed E-state index contributed by atoms with van der Waals surface area (Å²) in [5, 5.41) is 0. The Morgan fingerprint density at radius 3 is 2.78 bits per heavy atom. The standard InChI is InChI=1S/C20H27F4NOS/c1-13-10-19(5-6-25(13)12-14-2-4-20(23,24)11-14)18-15(3-7-26-19)8-16(27-18)9-17(21)22/h8,13-14,17H,2-7,9-12H2,1H3/t13-,14?,19+/m0/s1. The van der Waals surface area contributed by atoms with E-state index in [1.165, 1.54) is 11.3 Å². The van der Waals surface area contributed by atoms with Crippen LogP contribution < -0.4 is 0 Å². The number of rotatable bonds is 4. The molecule has 0 aromatic carbocycles. The molecular formula is C20H27F4NOS. The molecule has 0 N–H and O–H groups in total. The van der Waals surface area contributed by atoms with Crippen LogP contribution in [0.3, 0.4) is 0 Å². The monoisotopic (exact) mass is 405 g/mol. The molecule has 27 heavy (non-hydrogen) atoms. The van der Waals surface area contributed by atoms with Crippen LogP contribution in [0.1, 0.15) is 54.3 Å². The Balaban J connectivity index is 1.45. The summed E-state index contributed by atoms with van der Waals surface area (Å²) in [6.45, 7) is 4.30. The summed E-state index contributed by atoms with van der Waals surface area (Å²) < 4.78 is 58.8. The molecule has 3 heterocycles. The second-order valence-corrected chi connectivity index (χ2v) is 9.65. The van der Waals surface area contributed by atoms with Gasteiger partial charge in [0.25, 0.3) is 0 Å².